The van der Waals surface area contributed by atoms with Gasteiger partial charge in [-0.05, 0) is 6.42 Å². The van der Waals surface area contributed by atoms with Crippen molar-refractivity contribution in [3.05, 3.63) is 11.4 Å². The van der Waals surface area contributed by atoms with Gasteiger partial charge in [0.1, 0.15) is 5.69 Å². The van der Waals surface area contributed by atoms with Gasteiger partial charge in [0.15, 0.2) is 0 Å². The summed E-state index contributed by atoms with van der Waals surface area (Å²) < 4.78 is 1.61. The van der Waals surface area contributed by atoms with Crippen LogP contribution in [-0.2, 0) is 19.6 Å². The fourth-order valence-corrected chi connectivity index (χ4v) is 2.48. The van der Waals surface area contributed by atoms with Gasteiger partial charge in [-0.25, -0.2) is 4.68 Å². The molecule has 4 atom stereocenters. The van der Waals surface area contributed by atoms with Crippen LogP contribution in [0.1, 0.15) is 18.3 Å². The van der Waals surface area contributed by atoms with Gasteiger partial charge < -0.3 is 25.7 Å². The van der Waals surface area contributed by atoms with E-state index in [1.54, 1.807) is 4.68 Å². The minimum Gasteiger partial charge on any atom is -0.395 e. The highest BCUT2D eigenvalue weighted by Gasteiger charge is 2.40. The van der Waals surface area contributed by atoms with Crippen molar-refractivity contribution in [2.45, 2.75) is 50.8 Å². The fraction of sp³-hybridized carbons (Fsp3) is 0.818. The number of nitrogens with one attached hydrogen (secondary N) is 1. The molecule has 0 amide bonds. The summed E-state index contributed by atoms with van der Waals surface area (Å²) in [5.41, 5.74) is 1.33. The minimum atomic E-state index is -0.999. The van der Waals surface area contributed by atoms with Gasteiger partial charge in [-0.3, -0.25) is 0 Å². The van der Waals surface area contributed by atoms with Crippen LogP contribution in [0.2, 0.25) is 0 Å². The Labute approximate surface area is 110 Å². The van der Waals surface area contributed by atoms with E-state index in [2.05, 4.69) is 15.6 Å². The van der Waals surface area contributed by atoms with E-state index in [4.69, 9.17) is 10.2 Å². The van der Waals surface area contributed by atoms with Gasteiger partial charge in [0.2, 0.25) is 0 Å². The Hall–Kier alpha value is -1.06. The Morgan fingerprint density at radius 2 is 1.89 bits per heavy atom. The third-order valence-electron chi connectivity index (χ3n) is 3.57. The first-order valence-corrected chi connectivity index (χ1v) is 6.37. The zero-order valence-electron chi connectivity index (χ0n) is 10.8. The lowest BCUT2D eigenvalue weighted by atomic mass is 10.1. The van der Waals surface area contributed by atoms with Gasteiger partial charge in [0, 0.05) is 0 Å². The molecule has 2 heterocycles. The van der Waals surface area contributed by atoms with E-state index in [1.165, 1.54) is 0 Å². The zero-order chi connectivity index (χ0) is 14.0. The second-order valence-corrected chi connectivity index (χ2v) is 4.72. The van der Waals surface area contributed by atoms with Crippen molar-refractivity contribution in [1.82, 2.24) is 20.3 Å². The van der Waals surface area contributed by atoms with Crippen molar-refractivity contribution in [3.8, 4) is 0 Å². The van der Waals surface area contributed by atoms with Crippen molar-refractivity contribution in [1.29, 1.82) is 0 Å². The summed E-state index contributed by atoms with van der Waals surface area (Å²) in [5, 5.41) is 48.6. The van der Waals surface area contributed by atoms with Crippen molar-refractivity contribution in [3.63, 3.8) is 0 Å². The molecule has 0 aliphatic carbocycles. The third kappa shape index (κ3) is 2.63. The van der Waals surface area contributed by atoms with Crippen LogP contribution in [0, 0.1) is 0 Å². The molecule has 0 radical (unpaired) electrons. The summed E-state index contributed by atoms with van der Waals surface area (Å²) in [6.45, 7) is 1.84. The van der Waals surface area contributed by atoms with Crippen molar-refractivity contribution < 1.29 is 20.4 Å². The Kier molecular flexibility index (Phi) is 4.48. The average molecular weight is 272 g/mol. The summed E-state index contributed by atoms with van der Waals surface area (Å²) in [5.74, 6) is 0. The zero-order valence-corrected chi connectivity index (χ0v) is 10.8. The third-order valence-corrected chi connectivity index (χ3v) is 3.57. The van der Waals surface area contributed by atoms with Gasteiger partial charge in [0.25, 0.3) is 0 Å². The molecule has 0 aromatic carbocycles. The molecule has 5 N–H and O–H groups in total. The van der Waals surface area contributed by atoms with Gasteiger partial charge >= 0.3 is 0 Å². The molecule has 2 rings (SSSR count). The second-order valence-electron chi connectivity index (χ2n) is 4.72. The van der Waals surface area contributed by atoms with Crippen LogP contribution in [0.3, 0.4) is 0 Å². The summed E-state index contributed by atoms with van der Waals surface area (Å²) in [6.07, 6.45) is -1.30. The quantitative estimate of drug-likeness (QED) is 0.398. The van der Waals surface area contributed by atoms with E-state index in [9.17, 15) is 10.2 Å². The van der Waals surface area contributed by atoms with E-state index in [0.29, 0.717) is 18.7 Å². The number of hydrogen-bond donors (Lipinski definition) is 5. The fourth-order valence-electron chi connectivity index (χ4n) is 2.48. The molecule has 1 aromatic rings. The summed E-state index contributed by atoms with van der Waals surface area (Å²) in [6, 6.07) is -0.948. The lowest BCUT2D eigenvalue weighted by Gasteiger charge is -2.16. The normalized spacial score (nSPS) is 31.0. The molecule has 1 saturated heterocycles. The SMILES string of the molecule is CCc1c(CO)nnn1C[C@H]1N[C@H](CO)[C@@H](O)[C@@H]1O. The van der Waals surface area contributed by atoms with Gasteiger partial charge in [-0.2, -0.15) is 0 Å². The molecule has 0 saturated carbocycles. The number of aliphatic hydroxyl groups excluding tert-OH is 4. The van der Waals surface area contributed by atoms with E-state index >= 15 is 0 Å². The molecule has 1 fully saturated rings. The van der Waals surface area contributed by atoms with Crippen molar-refractivity contribution >= 4 is 0 Å². The van der Waals surface area contributed by atoms with Crippen LogP contribution in [0.15, 0.2) is 0 Å². The molecule has 1 aliphatic rings. The average Bonchev–Trinajstić information content (AvgIpc) is 2.94. The number of hydrogen-bond acceptors (Lipinski definition) is 7. The maximum Gasteiger partial charge on any atom is 0.111 e. The first-order valence-electron chi connectivity index (χ1n) is 6.37. The van der Waals surface area contributed by atoms with Crippen molar-refractivity contribution in [2.75, 3.05) is 6.61 Å². The van der Waals surface area contributed by atoms with Gasteiger partial charge in [-0.15, -0.1) is 5.10 Å². The Morgan fingerprint density at radius 1 is 1.21 bits per heavy atom. The molecule has 0 bridgehead atoms. The van der Waals surface area contributed by atoms with Crippen LogP contribution in [0.25, 0.3) is 0 Å². The maximum atomic E-state index is 9.91. The Balaban J connectivity index is 2.11. The highest BCUT2D eigenvalue weighted by atomic mass is 16.3. The summed E-state index contributed by atoms with van der Waals surface area (Å²) in [7, 11) is 0. The predicted octanol–water partition coefficient (Wildman–Crippen LogP) is -2.61. The molecular weight excluding hydrogens is 252 g/mol. The topological polar surface area (TPSA) is 124 Å². The molecule has 19 heavy (non-hydrogen) atoms. The Bertz CT molecular complexity index is 425. The van der Waals surface area contributed by atoms with Crippen molar-refractivity contribution in [2.24, 2.45) is 0 Å². The van der Waals surface area contributed by atoms with Crippen LogP contribution in [-0.4, -0.2) is 66.3 Å². The van der Waals surface area contributed by atoms with E-state index in [-0.39, 0.29) is 13.2 Å². The highest BCUT2D eigenvalue weighted by molar-refractivity contribution is 5.09. The maximum absolute atomic E-state index is 9.91. The lowest BCUT2D eigenvalue weighted by Crippen LogP contribution is -2.38. The standard InChI is InChI=1S/C11H20N4O4/c1-2-9-7(4-16)13-14-15(9)3-6-10(18)11(19)8(5-17)12-6/h6,8,10-12,16-19H,2-5H2,1H3/t6-,8-,10-,11-/m1/s1. The van der Waals surface area contributed by atoms with E-state index in [1.807, 2.05) is 6.92 Å². The largest absolute Gasteiger partial charge is 0.395 e. The van der Waals surface area contributed by atoms with Crippen LogP contribution < -0.4 is 5.32 Å². The number of nitrogens with zero attached hydrogens (tertiary/aromatic N) is 3. The monoisotopic (exact) mass is 272 g/mol. The van der Waals surface area contributed by atoms with Gasteiger partial charge in [0.05, 0.1) is 49.7 Å². The molecule has 1 aliphatic heterocycles. The van der Waals surface area contributed by atoms with Gasteiger partial charge in [-0.1, -0.05) is 12.1 Å². The molecular formula is C11H20N4O4. The minimum absolute atomic E-state index is 0.175. The summed E-state index contributed by atoms with van der Waals surface area (Å²) in [4.78, 5) is 0. The molecule has 0 unspecified atom stereocenters. The summed E-state index contributed by atoms with van der Waals surface area (Å²) >= 11 is 0. The van der Waals surface area contributed by atoms with Crippen LogP contribution in [0.4, 0.5) is 0 Å². The highest BCUT2D eigenvalue weighted by Crippen LogP contribution is 2.17. The van der Waals surface area contributed by atoms with E-state index in [0.717, 1.165) is 5.69 Å². The number of aliphatic hydroxyl groups is 4. The molecule has 8 nitrogen and oxygen atoms in total. The first kappa shape index (κ1) is 14.4. The molecule has 0 spiro atoms. The molecule has 1 aromatic heterocycles. The van der Waals surface area contributed by atoms with E-state index < -0.39 is 24.3 Å². The second kappa shape index (κ2) is 5.93. The molecule has 108 valence electrons. The number of rotatable bonds is 5. The molecule has 8 heteroatoms. The van der Waals surface area contributed by atoms with Crippen LogP contribution in [0.5, 0.6) is 0 Å². The van der Waals surface area contributed by atoms with Crippen LogP contribution >= 0.6 is 0 Å². The lowest BCUT2D eigenvalue weighted by molar-refractivity contribution is 0.0174. The first-order chi connectivity index (χ1) is 9.12. The number of aromatic nitrogens is 3. The smallest absolute Gasteiger partial charge is 0.111 e. The predicted molar refractivity (Wildman–Crippen MR) is 65.1 cm³/mol. The Morgan fingerprint density at radius 3 is 2.42 bits per heavy atom.